The monoisotopic (exact) mass is 389 g/mol. The van der Waals surface area contributed by atoms with Crippen LogP contribution in [-0.2, 0) is 18.0 Å². The highest BCUT2D eigenvalue weighted by atomic mass is 35.5. The molecule has 2 aromatic rings. The number of hydrogen-bond donors (Lipinski definition) is 1. The van der Waals surface area contributed by atoms with E-state index in [1.54, 1.807) is 0 Å². The second-order valence-electron chi connectivity index (χ2n) is 5.64. The van der Waals surface area contributed by atoms with Gasteiger partial charge in [-0.1, -0.05) is 11.6 Å². The van der Waals surface area contributed by atoms with Crippen molar-refractivity contribution in [2.75, 3.05) is 11.9 Å². The Bertz CT molecular complexity index is 906. The van der Waals surface area contributed by atoms with Crippen LogP contribution in [-0.4, -0.2) is 33.6 Å². The largest absolute Gasteiger partial charge is 0.493 e. The van der Waals surface area contributed by atoms with Crippen molar-refractivity contribution in [3.63, 3.8) is 0 Å². The standard InChI is InChI=1S/C16H15ClF3N3O3/c1-7-11(15(26)23(4)21-7)14(25)9-5-6-10(16(18,19)20)13(12(9)17)22(3)8(2)24/h5-6,26H,1-4H3. The van der Waals surface area contributed by atoms with Gasteiger partial charge in [0.15, 0.2) is 0 Å². The average Bonchev–Trinajstić information content (AvgIpc) is 2.77. The number of hydrogen-bond acceptors (Lipinski definition) is 4. The van der Waals surface area contributed by atoms with Gasteiger partial charge in [-0.2, -0.15) is 18.3 Å². The van der Waals surface area contributed by atoms with E-state index in [0.29, 0.717) is 6.07 Å². The maximum absolute atomic E-state index is 13.3. The first kappa shape index (κ1) is 19.8. The molecule has 0 unspecified atom stereocenters. The third kappa shape index (κ3) is 3.26. The summed E-state index contributed by atoms with van der Waals surface area (Å²) in [7, 11) is 2.53. The lowest BCUT2D eigenvalue weighted by Crippen LogP contribution is -2.27. The molecule has 6 nitrogen and oxygen atoms in total. The van der Waals surface area contributed by atoms with Gasteiger partial charge in [0.1, 0.15) is 5.56 Å². The number of halogens is 4. The zero-order valence-electron chi connectivity index (χ0n) is 14.3. The van der Waals surface area contributed by atoms with Crippen molar-refractivity contribution in [3.8, 4) is 5.88 Å². The van der Waals surface area contributed by atoms with Crippen LogP contribution in [0.4, 0.5) is 18.9 Å². The van der Waals surface area contributed by atoms with Crippen LogP contribution >= 0.6 is 11.6 Å². The van der Waals surface area contributed by atoms with Gasteiger partial charge < -0.3 is 10.0 Å². The molecule has 1 aromatic carbocycles. The summed E-state index contributed by atoms with van der Waals surface area (Å²) in [5.74, 6) is -1.93. The third-order valence-corrected chi connectivity index (χ3v) is 4.28. The summed E-state index contributed by atoms with van der Waals surface area (Å²) in [5.41, 5.74) is -2.05. The van der Waals surface area contributed by atoms with Gasteiger partial charge in [0.05, 0.1) is 22.0 Å². The lowest BCUT2D eigenvalue weighted by molar-refractivity contribution is -0.137. The molecule has 0 atom stereocenters. The van der Waals surface area contributed by atoms with Crippen LogP contribution < -0.4 is 4.90 Å². The summed E-state index contributed by atoms with van der Waals surface area (Å²) >= 11 is 6.09. The molecule has 0 radical (unpaired) electrons. The highest BCUT2D eigenvalue weighted by Crippen LogP contribution is 2.42. The van der Waals surface area contributed by atoms with E-state index >= 15 is 0 Å². The number of carbonyl (C=O) groups excluding carboxylic acids is 2. The number of rotatable bonds is 3. The van der Waals surface area contributed by atoms with Crippen molar-refractivity contribution in [3.05, 3.63) is 39.5 Å². The van der Waals surface area contributed by atoms with Crippen molar-refractivity contribution in [1.29, 1.82) is 0 Å². The van der Waals surface area contributed by atoms with Gasteiger partial charge in [0, 0.05) is 26.6 Å². The quantitative estimate of drug-likeness (QED) is 0.817. The number of amides is 1. The number of aryl methyl sites for hydroxylation is 2. The summed E-state index contributed by atoms with van der Waals surface area (Å²) in [6.45, 7) is 2.54. The normalized spacial score (nSPS) is 11.5. The van der Waals surface area contributed by atoms with Crippen LogP contribution in [0.1, 0.15) is 34.1 Å². The second kappa shape index (κ2) is 6.64. The number of aromatic hydroxyl groups is 1. The number of benzene rings is 1. The lowest BCUT2D eigenvalue weighted by Gasteiger charge is -2.23. The summed E-state index contributed by atoms with van der Waals surface area (Å²) in [6.07, 6.45) is -4.78. The molecule has 26 heavy (non-hydrogen) atoms. The van der Waals surface area contributed by atoms with Crippen molar-refractivity contribution >= 4 is 29.0 Å². The first-order chi connectivity index (χ1) is 11.9. The number of aromatic nitrogens is 2. The van der Waals surface area contributed by atoms with Gasteiger partial charge in [-0.05, 0) is 19.1 Å². The molecular formula is C16H15ClF3N3O3. The maximum Gasteiger partial charge on any atom is 0.418 e. The molecule has 0 aliphatic rings. The maximum atomic E-state index is 13.3. The number of carbonyl (C=O) groups is 2. The Kier molecular flexibility index (Phi) is 5.05. The molecule has 2 rings (SSSR count). The van der Waals surface area contributed by atoms with Gasteiger partial charge in [-0.25, -0.2) is 4.68 Å². The molecule has 0 fully saturated rings. The Hall–Kier alpha value is -2.55. The Balaban J connectivity index is 2.74. The molecule has 0 saturated carbocycles. The third-order valence-electron chi connectivity index (χ3n) is 3.89. The zero-order chi connectivity index (χ0) is 20.0. The first-order valence-corrected chi connectivity index (χ1v) is 7.67. The predicted octanol–water partition coefficient (Wildman–Crippen LogP) is 3.32. The molecule has 1 heterocycles. The van der Waals surface area contributed by atoms with E-state index in [0.717, 1.165) is 29.6 Å². The summed E-state index contributed by atoms with van der Waals surface area (Å²) in [5, 5.41) is 13.3. The minimum absolute atomic E-state index is 0.175. The molecule has 140 valence electrons. The van der Waals surface area contributed by atoms with Crippen molar-refractivity contribution in [2.45, 2.75) is 20.0 Å². The SMILES string of the molecule is CC(=O)N(C)c1c(C(F)(F)F)ccc(C(=O)c2c(C)nn(C)c2O)c1Cl. The minimum atomic E-state index is -4.78. The van der Waals surface area contributed by atoms with Crippen LogP contribution in [0.2, 0.25) is 5.02 Å². The van der Waals surface area contributed by atoms with Crippen LogP contribution in [0.25, 0.3) is 0 Å². The van der Waals surface area contributed by atoms with Gasteiger partial charge in [0.2, 0.25) is 17.6 Å². The second-order valence-corrected chi connectivity index (χ2v) is 6.01. The molecule has 0 aliphatic carbocycles. The fourth-order valence-electron chi connectivity index (χ4n) is 2.50. The van der Waals surface area contributed by atoms with Gasteiger partial charge in [-0.15, -0.1) is 0 Å². The van der Waals surface area contributed by atoms with Crippen LogP contribution in [0, 0.1) is 6.92 Å². The smallest absolute Gasteiger partial charge is 0.418 e. The van der Waals surface area contributed by atoms with Crippen molar-refractivity contribution in [2.24, 2.45) is 7.05 Å². The van der Waals surface area contributed by atoms with Crippen LogP contribution in [0.5, 0.6) is 5.88 Å². The topological polar surface area (TPSA) is 75.4 Å². The molecule has 1 amide bonds. The minimum Gasteiger partial charge on any atom is -0.493 e. The predicted molar refractivity (Wildman–Crippen MR) is 88.6 cm³/mol. The van der Waals surface area contributed by atoms with E-state index in [1.165, 1.54) is 14.0 Å². The summed E-state index contributed by atoms with van der Waals surface area (Å²) in [6, 6.07) is 1.59. The highest BCUT2D eigenvalue weighted by Gasteiger charge is 2.38. The molecular weight excluding hydrogens is 375 g/mol. The first-order valence-electron chi connectivity index (χ1n) is 7.29. The Labute approximate surface area is 151 Å². The van der Waals surface area contributed by atoms with E-state index in [2.05, 4.69) is 5.10 Å². The summed E-state index contributed by atoms with van der Waals surface area (Å²) in [4.78, 5) is 25.1. The van der Waals surface area contributed by atoms with Gasteiger partial charge in [0.25, 0.3) is 0 Å². The van der Waals surface area contributed by atoms with Gasteiger partial charge >= 0.3 is 6.18 Å². The lowest BCUT2D eigenvalue weighted by atomic mass is 9.99. The Morgan fingerprint density at radius 2 is 1.88 bits per heavy atom. The molecule has 1 aromatic heterocycles. The Morgan fingerprint density at radius 3 is 2.31 bits per heavy atom. The number of nitrogens with zero attached hydrogens (tertiary/aromatic N) is 3. The van der Waals surface area contributed by atoms with Crippen LogP contribution in [0.3, 0.4) is 0 Å². The fraction of sp³-hybridized carbons (Fsp3) is 0.312. The molecule has 1 N–H and O–H groups in total. The van der Waals surface area contributed by atoms with E-state index < -0.39 is 40.0 Å². The zero-order valence-corrected chi connectivity index (χ0v) is 15.0. The number of ketones is 1. The summed E-state index contributed by atoms with van der Waals surface area (Å²) < 4.78 is 41.0. The number of alkyl halides is 3. The fourth-order valence-corrected chi connectivity index (χ4v) is 2.88. The molecule has 0 saturated heterocycles. The molecule has 10 heteroatoms. The van der Waals surface area contributed by atoms with Crippen molar-refractivity contribution < 1.29 is 27.9 Å². The van der Waals surface area contributed by atoms with Crippen molar-refractivity contribution in [1.82, 2.24) is 9.78 Å². The average molecular weight is 390 g/mol. The molecule has 0 spiro atoms. The van der Waals surface area contributed by atoms with E-state index in [1.807, 2.05) is 0 Å². The molecule has 0 aliphatic heterocycles. The van der Waals surface area contributed by atoms with E-state index in [4.69, 9.17) is 11.6 Å². The van der Waals surface area contributed by atoms with E-state index in [9.17, 15) is 27.9 Å². The molecule has 0 bridgehead atoms. The van der Waals surface area contributed by atoms with Gasteiger partial charge in [-0.3, -0.25) is 9.59 Å². The highest BCUT2D eigenvalue weighted by molar-refractivity contribution is 6.38. The van der Waals surface area contributed by atoms with Crippen LogP contribution in [0.15, 0.2) is 12.1 Å². The number of anilines is 1. The van der Waals surface area contributed by atoms with E-state index in [-0.39, 0.29) is 16.8 Å². The Morgan fingerprint density at radius 1 is 1.31 bits per heavy atom.